The van der Waals surface area contributed by atoms with Crippen molar-refractivity contribution >= 4 is 17.9 Å². The van der Waals surface area contributed by atoms with E-state index in [1.165, 1.54) is 0 Å². The summed E-state index contributed by atoms with van der Waals surface area (Å²) < 4.78 is 0. The van der Waals surface area contributed by atoms with E-state index in [2.05, 4.69) is 0 Å². The van der Waals surface area contributed by atoms with Crippen LogP contribution in [-0.2, 0) is 0 Å². The summed E-state index contributed by atoms with van der Waals surface area (Å²) in [7, 11) is 0. The van der Waals surface area contributed by atoms with Crippen LogP contribution in [0.1, 0.15) is 31.1 Å². The molecule has 0 aliphatic carbocycles. The van der Waals surface area contributed by atoms with Gasteiger partial charge in [0.1, 0.15) is 0 Å². The maximum atomic E-state index is 10.2. The van der Waals surface area contributed by atoms with Crippen LogP contribution in [-0.4, -0.2) is 33.2 Å². The number of hydrogen-bond donors (Lipinski definition) is 3. The van der Waals surface area contributed by atoms with Crippen LogP contribution in [0.2, 0.25) is 0 Å². The molecule has 0 saturated carbocycles. The summed E-state index contributed by atoms with van der Waals surface area (Å²) in [5.41, 5.74) is 0.993. The SMILES string of the molecule is O=C(O)c1ccccc1.O=C(O)c1ccccc1.O=C(O)c1ccccc1. The van der Waals surface area contributed by atoms with Gasteiger partial charge >= 0.3 is 17.9 Å². The predicted molar refractivity (Wildman–Crippen MR) is 100 cm³/mol. The van der Waals surface area contributed by atoms with Crippen molar-refractivity contribution < 1.29 is 29.7 Å². The smallest absolute Gasteiger partial charge is 0.335 e. The van der Waals surface area contributed by atoms with Crippen LogP contribution in [0.15, 0.2) is 91.0 Å². The first-order valence-corrected chi connectivity index (χ1v) is 7.77. The van der Waals surface area contributed by atoms with E-state index in [1.807, 2.05) is 0 Å². The highest BCUT2D eigenvalue weighted by atomic mass is 16.4. The molecule has 6 heteroatoms. The molecule has 3 rings (SSSR count). The first-order chi connectivity index (χ1) is 12.9. The molecule has 0 unspecified atom stereocenters. The molecule has 3 N–H and O–H groups in total. The molecule has 0 atom stereocenters. The summed E-state index contributed by atoms with van der Waals surface area (Å²) in [5.74, 6) is -2.64. The van der Waals surface area contributed by atoms with Gasteiger partial charge in [-0.25, -0.2) is 14.4 Å². The lowest BCUT2D eigenvalue weighted by molar-refractivity contribution is 0.0686. The summed E-state index contributed by atoms with van der Waals surface area (Å²) >= 11 is 0. The van der Waals surface area contributed by atoms with E-state index in [0.29, 0.717) is 16.7 Å². The molecule has 27 heavy (non-hydrogen) atoms. The van der Waals surface area contributed by atoms with Gasteiger partial charge in [-0.2, -0.15) is 0 Å². The van der Waals surface area contributed by atoms with Crippen molar-refractivity contribution in [3.63, 3.8) is 0 Å². The zero-order valence-corrected chi connectivity index (χ0v) is 14.2. The summed E-state index contributed by atoms with van der Waals surface area (Å²) in [5, 5.41) is 25.2. The fourth-order valence-corrected chi connectivity index (χ4v) is 1.74. The third-order valence-corrected chi connectivity index (χ3v) is 3.06. The van der Waals surface area contributed by atoms with Crippen LogP contribution in [0.5, 0.6) is 0 Å². The van der Waals surface area contributed by atoms with Crippen molar-refractivity contribution in [3.8, 4) is 0 Å². The molecular formula is C21H18O6. The van der Waals surface area contributed by atoms with Crippen LogP contribution >= 0.6 is 0 Å². The molecule has 0 spiro atoms. The molecule has 0 heterocycles. The van der Waals surface area contributed by atoms with Crippen LogP contribution in [0, 0.1) is 0 Å². The third-order valence-electron chi connectivity index (χ3n) is 3.06. The number of aromatic carboxylic acids is 3. The van der Waals surface area contributed by atoms with E-state index in [-0.39, 0.29) is 0 Å². The van der Waals surface area contributed by atoms with Crippen molar-refractivity contribution in [2.24, 2.45) is 0 Å². The summed E-state index contributed by atoms with van der Waals surface area (Å²) in [6, 6.07) is 24.9. The predicted octanol–water partition coefficient (Wildman–Crippen LogP) is 4.15. The van der Waals surface area contributed by atoms with Gasteiger partial charge in [0.2, 0.25) is 0 Å². The molecule has 138 valence electrons. The van der Waals surface area contributed by atoms with Crippen LogP contribution < -0.4 is 0 Å². The highest BCUT2D eigenvalue weighted by Gasteiger charge is 1.98. The lowest BCUT2D eigenvalue weighted by Gasteiger charge is -1.88. The summed E-state index contributed by atoms with van der Waals surface area (Å²) in [6.45, 7) is 0. The van der Waals surface area contributed by atoms with Crippen molar-refractivity contribution in [2.75, 3.05) is 0 Å². The van der Waals surface area contributed by atoms with Crippen LogP contribution in [0.4, 0.5) is 0 Å². The van der Waals surface area contributed by atoms with Gasteiger partial charge < -0.3 is 15.3 Å². The second kappa shape index (κ2) is 11.6. The largest absolute Gasteiger partial charge is 0.478 e. The summed E-state index contributed by atoms with van der Waals surface area (Å²) in [6.07, 6.45) is 0. The van der Waals surface area contributed by atoms with E-state index in [4.69, 9.17) is 15.3 Å². The van der Waals surface area contributed by atoms with Gasteiger partial charge in [0, 0.05) is 0 Å². The molecular weight excluding hydrogens is 348 g/mol. The number of benzene rings is 3. The molecule has 0 bridgehead atoms. The first-order valence-electron chi connectivity index (χ1n) is 7.77. The molecule has 0 aliphatic rings. The van der Waals surface area contributed by atoms with Gasteiger partial charge in [0.05, 0.1) is 16.7 Å². The Morgan fingerprint density at radius 2 is 0.593 bits per heavy atom. The van der Waals surface area contributed by atoms with Crippen molar-refractivity contribution in [2.45, 2.75) is 0 Å². The Morgan fingerprint density at radius 3 is 0.704 bits per heavy atom. The van der Waals surface area contributed by atoms with Crippen molar-refractivity contribution in [1.29, 1.82) is 0 Å². The Hall–Kier alpha value is -3.93. The molecule has 0 radical (unpaired) electrons. The Morgan fingerprint density at radius 1 is 0.407 bits per heavy atom. The quantitative estimate of drug-likeness (QED) is 0.642. The Bertz CT molecular complexity index is 728. The fraction of sp³-hybridized carbons (Fsp3) is 0. The van der Waals surface area contributed by atoms with Gasteiger partial charge in [-0.05, 0) is 36.4 Å². The molecule has 3 aromatic rings. The molecule has 0 aromatic heterocycles. The summed E-state index contributed by atoms with van der Waals surface area (Å²) in [4.78, 5) is 30.6. The second-order valence-corrected chi connectivity index (χ2v) is 5.01. The lowest BCUT2D eigenvalue weighted by Crippen LogP contribution is -1.93. The Labute approximate surface area is 156 Å². The fourth-order valence-electron chi connectivity index (χ4n) is 1.74. The maximum Gasteiger partial charge on any atom is 0.335 e. The standard InChI is InChI=1S/3C7H6O2/c3*8-7(9)6-4-2-1-3-5-6/h3*1-5H,(H,8,9). The highest BCUT2D eigenvalue weighted by Crippen LogP contribution is 1.97. The zero-order chi connectivity index (χ0) is 20.1. The monoisotopic (exact) mass is 366 g/mol. The number of rotatable bonds is 3. The number of carboxylic acids is 3. The first kappa shape index (κ1) is 21.1. The van der Waals surface area contributed by atoms with Crippen LogP contribution in [0.25, 0.3) is 0 Å². The van der Waals surface area contributed by atoms with E-state index in [1.54, 1.807) is 91.0 Å². The van der Waals surface area contributed by atoms with E-state index in [9.17, 15) is 14.4 Å². The van der Waals surface area contributed by atoms with E-state index >= 15 is 0 Å². The molecule has 3 aromatic carbocycles. The van der Waals surface area contributed by atoms with Gasteiger partial charge in [-0.15, -0.1) is 0 Å². The lowest BCUT2D eigenvalue weighted by atomic mass is 10.2. The normalized spacial score (nSPS) is 8.89. The minimum absolute atomic E-state index is 0.331. The Kier molecular flexibility index (Phi) is 9.07. The molecule has 6 nitrogen and oxygen atoms in total. The average molecular weight is 366 g/mol. The van der Waals surface area contributed by atoms with Gasteiger partial charge in [0.25, 0.3) is 0 Å². The topological polar surface area (TPSA) is 112 Å². The van der Waals surface area contributed by atoms with E-state index in [0.717, 1.165) is 0 Å². The van der Waals surface area contributed by atoms with Gasteiger partial charge in [-0.1, -0.05) is 54.6 Å². The highest BCUT2D eigenvalue weighted by molar-refractivity contribution is 5.88. The molecule has 0 aliphatic heterocycles. The Balaban J connectivity index is 0.000000202. The third kappa shape index (κ3) is 8.64. The molecule has 0 saturated heterocycles. The van der Waals surface area contributed by atoms with Gasteiger partial charge in [-0.3, -0.25) is 0 Å². The second-order valence-electron chi connectivity index (χ2n) is 5.01. The number of carboxylic acid groups (broad SMARTS) is 3. The van der Waals surface area contributed by atoms with Crippen LogP contribution in [0.3, 0.4) is 0 Å². The molecule has 0 fully saturated rings. The van der Waals surface area contributed by atoms with Crippen molar-refractivity contribution in [1.82, 2.24) is 0 Å². The number of hydrogen-bond acceptors (Lipinski definition) is 3. The minimum Gasteiger partial charge on any atom is -0.478 e. The van der Waals surface area contributed by atoms with E-state index < -0.39 is 17.9 Å². The minimum atomic E-state index is -0.879. The average Bonchev–Trinajstić information content (AvgIpc) is 2.71. The van der Waals surface area contributed by atoms with Crippen molar-refractivity contribution in [3.05, 3.63) is 108 Å². The zero-order valence-electron chi connectivity index (χ0n) is 14.2. The molecule has 0 amide bonds. The maximum absolute atomic E-state index is 10.2. The van der Waals surface area contributed by atoms with Gasteiger partial charge in [0.15, 0.2) is 0 Å². The number of carbonyl (C=O) groups is 3.